The van der Waals surface area contributed by atoms with Crippen LogP contribution in [-0.2, 0) is 4.74 Å². The molecule has 0 saturated carbocycles. The normalized spacial score (nSPS) is 11.8. The van der Waals surface area contributed by atoms with Crippen LogP contribution in [0.5, 0.6) is 0 Å². The van der Waals surface area contributed by atoms with Gasteiger partial charge in [0.2, 0.25) is 0 Å². The second-order valence-corrected chi connectivity index (χ2v) is 3.76. The molecule has 2 aromatic rings. The molecule has 1 aromatic carbocycles. The van der Waals surface area contributed by atoms with Gasteiger partial charge in [0.05, 0.1) is 18.7 Å². The summed E-state index contributed by atoms with van der Waals surface area (Å²) >= 11 is 0. The van der Waals surface area contributed by atoms with Gasteiger partial charge in [0.25, 0.3) is 0 Å². The van der Waals surface area contributed by atoms with Gasteiger partial charge < -0.3 is 10.2 Å². The van der Waals surface area contributed by atoms with Crippen molar-refractivity contribution in [1.82, 2.24) is 10.4 Å². The summed E-state index contributed by atoms with van der Waals surface area (Å²) in [5.74, 6) is 6.04. The first-order valence-corrected chi connectivity index (χ1v) is 5.71. The standard InChI is InChI=1S/C13H16N4O/c1-18-9-8-15-13(17-14)12-7-6-10-4-2-3-5-11(10)16-12/h2-7H,8-9,14H2,1H3,(H,15,17). The second-order valence-electron chi connectivity index (χ2n) is 3.76. The molecule has 0 bridgehead atoms. The van der Waals surface area contributed by atoms with Gasteiger partial charge in [-0.2, -0.15) is 0 Å². The first-order chi connectivity index (χ1) is 8.85. The number of benzene rings is 1. The second kappa shape index (κ2) is 6.09. The number of aliphatic imine (C=N–C) groups is 1. The van der Waals surface area contributed by atoms with E-state index in [0.717, 1.165) is 16.6 Å². The van der Waals surface area contributed by atoms with E-state index in [1.165, 1.54) is 0 Å². The Morgan fingerprint density at radius 2 is 2.17 bits per heavy atom. The molecular weight excluding hydrogens is 228 g/mol. The van der Waals surface area contributed by atoms with E-state index in [0.29, 0.717) is 19.0 Å². The molecule has 94 valence electrons. The van der Waals surface area contributed by atoms with Gasteiger partial charge in [0.15, 0.2) is 5.84 Å². The van der Waals surface area contributed by atoms with Crippen LogP contribution >= 0.6 is 0 Å². The summed E-state index contributed by atoms with van der Waals surface area (Å²) in [5.41, 5.74) is 4.22. The molecule has 1 heterocycles. The number of nitrogens with zero attached hydrogens (tertiary/aromatic N) is 2. The predicted octanol–water partition coefficient (Wildman–Crippen LogP) is 1.09. The van der Waals surface area contributed by atoms with Crippen molar-refractivity contribution < 1.29 is 4.74 Å². The molecular formula is C13H16N4O. The van der Waals surface area contributed by atoms with Gasteiger partial charge in [0, 0.05) is 12.5 Å². The molecule has 18 heavy (non-hydrogen) atoms. The number of methoxy groups -OCH3 is 1. The summed E-state index contributed by atoms with van der Waals surface area (Å²) in [6, 6.07) is 11.8. The van der Waals surface area contributed by atoms with Gasteiger partial charge in [-0.25, -0.2) is 10.8 Å². The summed E-state index contributed by atoms with van der Waals surface area (Å²) < 4.78 is 4.95. The Labute approximate surface area is 106 Å². The molecule has 0 atom stereocenters. The quantitative estimate of drug-likeness (QED) is 0.278. The fourth-order valence-corrected chi connectivity index (χ4v) is 1.65. The van der Waals surface area contributed by atoms with Gasteiger partial charge in [-0.05, 0) is 12.1 Å². The van der Waals surface area contributed by atoms with Crippen molar-refractivity contribution in [2.75, 3.05) is 20.3 Å². The van der Waals surface area contributed by atoms with E-state index in [2.05, 4.69) is 15.4 Å². The summed E-state index contributed by atoms with van der Waals surface area (Å²) in [7, 11) is 1.64. The first kappa shape index (κ1) is 12.5. The van der Waals surface area contributed by atoms with Crippen LogP contribution in [0.1, 0.15) is 5.69 Å². The third-order valence-corrected chi connectivity index (χ3v) is 2.54. The lowest BCUT2D eigenvalue weighted by atomic mass is 10.2. The van der Waals surface area contributed by atoms with E-state index in [4.69, 9.17) is 10.6 Å². The van der Waals surface area contributed by atoms with Gasteiger partial charge in [-0.3, -0.25) is 4.99 Å². The number of ether oxygens (including phenoxy) is 1. The van der Waals surface area contributed by atoms with Crippen LogP contribution in [0.25, 0.3) is 10.9 Å². The highest BCUT2D eigenvalue weighted by molar-refractivity contribution is 5.98. The number of fused-ring (bicyclic) bond motifs is 1. The molecule has 0 radical (unpaired) electrons. The van der Waals surface area contributed by atoms with Crippen LogP contribution in [0.4, 0.5) is 0 Å². The number of aromatic nitrogens is 1. The highest BCUT2D eigenvalue weighted by Gasteiger charge is 2.04. The Bertz CT molecular complexity index is 553. The molecule has 2 rings (SSSR count). The van der Waals surface area contributed by atoms with Gasteiger partial charge in [-0.1, -0.05) is 24.3 Å². The zero-order valence-corrected chi connectivity index (χ0v) is 10.3. The number of para-hydroxylation sites is 1. The van der Waals surface area contributed by atoms with E-state index >= 15 is 0 Å². The van der Waals surface area contributed by atoms with E-state index in [9.17, 15) is 0 Å². The molecule has 5 heteroatoms. The Morgan fingerprint density at radius 1 is 1.33 bits per heavy atom. The zero-order valence-electron chi connectivity index (χ0n) is 10.3. The average molecular weight is 244 g/mol. The average Bonchev–Trinajstić information content (AvgIpc) is 2.43. The van der Waals surface area contributed by atoms with Crippen LogP contribution in [0.2, 0.25) is 0 Å². The Balaban J connectivity index is 2.30. The van der Waals surface area contributed by atoms with Crippen LogP contribution in [0.3, 0.4) is 0 Å². The van der Waals surface area contributed by atoms with Crippen LogP contribution in [0.15, 0.2) is 41.4 Å². The third kappa shape index (κ3) is 2.82. The Kier molecular flexibility index (Phi) is 4.22. The van der Waals surface area contributed by atoms with Crippen molar-refractivity contribution in [3.63, 3.8) is 0 Å². The van der Waals surface area contributed by atoms with Crippen LogP contribution in [0, 0.1) is 0 Å². The van der Waals surface area contributed by atoms with Crippen molar-refractivity contribution in [2.24, 2.45) is 10.8 Å². The number of hydrogen-bond donors (Lipinski definition) is 2. The number of amidine groups is 1. The molecule has 0 spiro atoms. The highest BCUT2D eigenvalue weighted by atomic mass is 16.5. The molecule has 5 nitrogen and oxygen atoms in total. The minimum atomic E-state index is 0.546. The van der Waals surface area contributed by atoms with E-state index in [-0.39, 0.29) is 0 Å². The van der Waals surface area contributed by atoms with Gasteiger partial charge in [0.1, 0.15) is 5.69 Å². The molecule has 1 aromatic heterocycles. The number of nitrogens with two attached hydrogens (primary N) is 1. The molecule has 0 aliphatic carbocycles. The van der Waals surface area contributed by atoms with E-state index < -0.39 is 0 Å². The maximum absolute atomic E-state index is 5.47. The van der Waals surface area contributed by atoms with Crippen molar-refractivity contribution in [1.29, 1.82) is 0 Å². The molecule has 0 saturated heterocycles. The maximum atomic E-state index is 5.47. The molecule has 0 unspecified atom stereocenters. The van der Waals surface area contributed by atoms with E-state index in [1.54, 1.807) is 7.11 Å². The predicted molar refractivity (Wildman–Crippen MR) is 72.3 cm³/mol. The Morgan fingerprint density at radius 3 is 2.94 bits per heavy atom. The van der Waals surface area contributed by atoms with Crippen molar-refractivity contribution >= 4 is 16.7 Å². The summed E-state index contributed by atoms with van der Waals surface area (Å²) in [5, 5.41) is 1.09. The third-order valence-electron chi connectivity index (χ3n) is 2.54. The number of rotatable bonds is 4. The number of hydrogen-bond acceptors (Lipinski definition) is 4. The number of hydrazine groups is 1. The van der Waals surface area contributed by atoms with Gasteiger partial charge >= 0.3 is 0 Å². The fourth-order valence-electron chi connectivity index (χ4n) is 1.65. The highest BCUT2D eigenvalue weighted by Crippen LogP contribution is 2.11. The lowest BCUT2D eigenvalue weighted by Gasteiger charge is -2.06. The van der Waals surface area contributed by atoms with Crippen molar-refractivity contribution in [3.05, 3.63) is 42.1 Å². The summed E-state index contributed by atoms with van der Waals surface area (Å²) in [6.45, 7) is 1.10. The molecule has 0 fully saturated rings. The molecule has 0 aliphatic rings. The number of nitrogens with one attached hydrogen (secondary N) is 1. The zero-order chi connectivity index (χ0) is 12.8. The maximum Gasteiger partial charge on any atom is 0.161 e. The van der Waals surface area contributed by atoms with Gasteiger partial charge in [-0.15, -0.1) is 0 Å². The lowest BCUT2D eigenvalue weighted by Crippen LogP contribution is -2.32. The van der Waals surface area contributed by atoms with Crippen LogP contribution in [-0.4, -0.2) is 31.1 Å². The minimum Gasteiger partial charge on any atom is -0.383 e. The smallest absolute Gasteiger partial charge is 0.161 e. The minimum absolute atomic E-state index is 0.546. The molecule has 3 N–H and O–H groups in total. The van der Waals surface area contributed by atoms with Crippen molar-refractivity contribution in [3.8, 4) is 0 Å². The topological polar surface area (TPSA) is 72.5 Å². The van der Waals surface area contributed by atoms with E-state index in [1.807, 2.05) is 36.4 Å². The lowest BCUT2D eigenvalue weighted by molar-refractivity contribution is 0.208. The Hall–Kier alpha value is -1.98. The summed E-state index contributed by atoms with van der Waals surface area (Å²) in [4.78, 5) is 8.81. The first-order valence-electron chi connectivity index (χ1n) is 5.71. The molecule has 0 aliphatic heterocycles. The molecule has 0 amide bonds. The largest absolute Gasteiger partial charge is 0.383 e. The van der Waals surface area contributed by atoms with Crippen LogP contribution < -0.4 is 11.3 Å². The SMILES string of the molecule is COCCN=C(NN)c1ccc2ccccc2n1. The number of pyridine rings is 1. The van der Waals surface area contributed by atoms with Crippen molar-refractivity contribution in [2.45, 2.75) is 0 Å². The monoisotopic (exact) mass is 244 g/mol. The fraction of sp³-hybridized carbons (Fsp3) is 0.231. The summed E-state index contributed by atoms with van der Waals surface area (Å²) in [6.07, 6.45) is 0.